The number of ether oxygens (including phenoxy) is 1. The Bertz CT molecular complexity index is 555. The van der Waals surface area contributed by atoms with Crippen molar-refractivity contribution in [2.24, 2.45) is 10.4 Å². The summed E-state index contributed by atoms with van der Waals surface area (Å²) in [6.45, 7) is 3.77. The highest BCUT2D eigenvalue weighted by atomic mass is 127. The first-order valence-corrected chi connectivity index (χ1v) is 8.78. The molecule has 1 saturated carbocycles. The van der Waals surface area contributed by atoms with Crippen molar-refractivity contribution in [3.63, 3.8) is 0 Å². The van der Waals surface area contributed by atoms with Gasteiger partial charge in [-0.2, -0.15) is 0 Å². The highest BCUT2D eigenvalue weighted by molar-refractivity contribution is 14.0. The molecule has 1 heterocycles. The lowest BCUT2D eigenvalue weighted by Crippen LogP contribution is -2.40. The summed E-state index contributed by atoms with van der Waals surface area (Å²) in [5, 5.41) is 3.55. The number of aliphatic imine (C=N–C) groups is 1. The minimum Gasteiger partial charge on any atom is -0.380 e. The third-order valence-electron chi connectivity index (χ3n) is 5.47. The van der Waals surface area contributed by atoms with Crippen molar-refractivity contribution in [2.75, 3.05) is 27.2 Å². The van der Waals surface area contributed by atoms with Gasteiger partial charge in [0.05, 0.1) is 6.61 Å². The van der Waals surface area contributed by atoms with Crippen LogP contribution in [0.5, 0.6) is 0 Å². The second-order valence-corrected chi connectivity index (χ2v) is 6.98. The Labute approximate surface area is 163 Å². The number of benzene rings is 1. The number of likely N-dealkylation sites (tertiary alicyclic amines) is 1. The molecule has 1 saturated heterocycles. The molecule has 3 rings (SSSR count). The summed E-state index contributed by atoms with van der Waals surface area (Å²) in [6, 6.07) is 8.45. The van der Waals surface area contributed by atoms with Crippen molar-refractivity contribution in [1.29, 1.82) is 0 Å². The molecule has 1 spiro atoms. The predicted octanol–water partition coefficient (Wildman–Crippen LogP) is 3.79. The van der Waals surface area contributed by atoms with E-state index in [2.05, 4.69) is 39.5 Å². The largest absolute Gasteiger partial charge is 0.380 e. The van der Waals surface area contributed by atoms with E-state index in [-0.39, 0.29) is 24.0 Å². The summed E-state index contributed by atoms with van der Waals surface area (Å²) in [5.74, 6) is 1.04. The monoisotopic (exact) mass is 443 g/mol. The van der Waals surface area contributed by atoms with Gasteiger partial charge in [-0.05, 0) is 35.8 Å². The van der Waals surface area contributed by atoms with Gasteiger partial charge < -0.3 is 15.0 Å². The van der Waals surface area contributed by atoms with Crippen LogP contribution in [0.25, 0.3) is 0 Å². The molecule has 0 bridgehead atoms. The summed E-state index contributed by atoms with van der Waals surface area (Å²) in [5.41, 5.74) is 3.10. The number of hydrogen-bond donors (Lipinski definition) is 1. The Morgan fingerprint density at radius 2 is 1.92 bits per heavy atom. The van der Waals surface area contributed by atoms with Crippen LogP contribution in [-0.4, -0.2) is 38.1 Å². The quantitative estimate of drug-likeness (QED) is 0.437. The van der Waals surface area contributed by atoms with E-state index >= 15 is 0 Å². The average Bonchev–Trinajstić information content (AvgIpc) is 3.20. The topological polar surface area (TPSA) is 36.9 Å². The number of rotatable bonds is 4. The third-order valence-corrected chi connectivity index (χ3v) is 5.47. The number of halogens is 1. The van der Waals surface area contributed by atoms with Gasteiger partial charge in [0.25, 0.3) is 0 Å². The lowest BCUT2D eigenvalue weighted by Gasteiger charge is -2.26. The zero-order valence-electron chi connectivity index (χ0n) is 14.9. The second kappa shape index (κ2) is 9.04. The van der Waals surface area contributed by atoms with Gasteiger partial charge in [-0.25, -0.2) is 0 Å². The summed E-state index contributed by atoms with van der Waals surface area (Å²) < 4.78 is 5.30. The Kier molecular flexibility index (Phi) is 7.34. The number of nitrogens with zero attached hydrogens (tertiary/aromatic N) is 2. The van der Waals surface area contributed by atoms with Crippen molar-refractivity contribution in [3.05, 3.63) is 35.4 Å². The van der Waals surface area contributed by atoms with Gasteiger partial charge in [0.2, 0.25) is 0 Å². The average molecular weight is 443 g/mol. The fourth-order valence-corrected chi connectivity index (χ4v) is 4.18. The standard InChI is InChI=1S/C19H29N3O.HI/c1-20-18(22-12-11-19(15-22)9-5-6-10-19)21-13-16-7-3-4-8-17(16)14-23-2;/h3-4,7-8H,5-6,9-15H2,1-2H3,(H,20,21);1H. The maximum atomic E-state index is 5.30. The first-order chi connectivity index (χ1) is 11.3. The fourth-order valence-electron chi connectivity index (χ4n) is 4.18. The van der Waals surface area contributed by atoms with Crippen LogP contribution in [0, 0.1) is 5.41 Å². The zero-order valence-corrected chi connectivity index (χ0v) is 17.2. The lowest BCUT2D eigenvalue weighted by atomic mass is 9.86. The van der Waals surface area contributed by atoms with Crippen molar-refractivity contribution < 1.29 is 4.74 Å². The molecule has 1 aromatic rings. The highest BCUT2D eigenvalue weighted by Gasteiger charge is 2.41. The van der Waals surface area contributed by atoms with E-state index in [4.69, 9.17) is 4.74 Å². The molecule has 0 aromatic heterocycles. The summed E-state index contributed by atoms with van der Waals surface area (Å²) in [4.78, 5) is 6.96. The summed E-state index contributed by atoms with van der Waals surface area (Å²) >= 11 is 0. The van der Waals surface area contributed by atoms with E-state index in [1.165, 1.54) is 49.8 Å². The smallest absolute Gasteiger partial charge is 0.193 e. The van der Waals surface area contributed by atoms with Crippen molar-refractivity contribution in [3.8, 4) is 0 Å². The number of nitrogens with one attached hydrogen (secondary N) is 1. The van der Waals surface area contributed by atoms with Crippen LogP contribution < -0.4 is 5.32 Å². The summed E-state index contributed by atoms with van der Waals surface area (Å²) in [6.07, 6.45) is 6.94. The normalized spacial score (nSPS) is 19.6. The van der Waals surface area contributed by atoms with Gasteiger partial charge >= 0.3 is 0 Å². The van der Waals surface area contributed by atoms with Crippen LogP contribution in [0.3, 0.4) is 0 Å². The van der Waals surface area contributed by atoms with Crippen LogP contribution in [0.15, 0.2) is 29.3 Å². The lowest BCUT2D eigenvalue weighted by molar-refractivity contribution is 0.184. The Morgan fingerprint density at radius 1 is 1.21 bits per heavy atom. The highest BCUT2D eigenvalue weighted by Crippen LogP contribution is 2.45. The molecule has 1 aliphatic carbocycles. The van der Waals surface area contributed by atoms with E-state index < -0.39 is 0 Å². The zero-order chi connectivity index (χ0) is 16.1. The molecule has 0 atom stereocenters. The van der Waals surface area contributed by atoms with Gasteiger partial charge in [-0.3, -0.25) is 4.99 Å². The molecular formula is C19H30IN3O. The first-order valence-electron chi connectivity index (χ1n) is 8.78. The van der Waals surface area contributed by atoms with Crippen LogP contribution >= 0.6 is 24.0 Å². The molecular weight excluding hydrogens is 413 g/mol. The Balaban J connectivity index is 0.00000208. The number of methoxy groups -OCH3 is 1. The van der Waals surface area contributed by atoms with Gasteiger partial charge in [0, 0.05) is 33.8 Å². The van der Waals surface area contributed by atoms with E-state index in [9.17, 15) is 0 Å². The van der Waals surface area contributed by atoms with Crippen molar-refractivity contribution in [1.82, 2.24) is 10.2 Å². The molecule has 1 aliphatic heterocycles. The van der Waals surface area contributed by atoms with Crippen molar-refractivity contribution >= 4 is 29.9 Å². The molecule has 134 valence electrons. The summed E-state index contributed by atoms with van der Waals surface area (Å²) in [7, 11) is 3.64. The SMILES string of the molecule is CN=C(NCc1ccccc1COC)N1CCC2(CCCC2)C1.I. The molecule has 1 N–H and O–H groups in total. The van der Waals surface area contributed by atoms with Gasteiger partial charge in [0.15, 0.2) is 5.96 Å². The van der Waals surface area contributed by atoms with E-state index in [1.807, 2.05) is 7.05 Å². The van der Waals surface area contributed by atoms with Gasteiger partial charge in [-0.15, -0.1) is 24.0 Å². The maximum absolute atomic E-state index is 5.30. The van der Waals surface area contributed by atoms with Crippen LogP contribution in [-0.2, 0) is 17.9 Å². The molecule has 2 fully saturated rings. The van der Waals surface area contributed by atoms with Crippen LogP contribution in [0.1, 0.15) is 43.2 Å². The minimum absolute atomic E-state index is 0. The predicted molar refractivity (Wildman–Crippen MR) is 110 cm³/mol. The molecule has 1 aromatic carbocycles. The Morgan fingerprint density at radius 3 is 2.58 bits per heavy atom. The van der Waals surface area contributed by atoms with Gasteiger partial charge in [0.1, 0.15) is 0 Å². The van der Waals surface area contributed by atoms with Gasteiger partial charge in [-0.1, -0.05) is 37.1 Å². The minimum atomic E-state index is 0. The molecule has 0 unspecified atom stereocenters. The number of guanidine groups is 1. The molecule has 5 heteroatoms. The number of hydrogen-bond acceptors (Lipinski definition) is 2. The van der Waals surface area contributed by atoms with E-state index in [0.717, 1.165) is 19.0 Å². The molecule has 2 aliphatic rings. The molecule has 0 radical (unpaired) electrons. The fraction of sp³-hybridized carbons (Fsp3) is 0.632. The van der Waals surface area contributed by atoms with Crippen molar-refractivity contribution in [2.45, 2.75) is 45.3 Å². The van der Waals surface area contributed by atoms with E-state index in [0.29, 0.717) is 12.0 Å². The maximum Gasteiger partial charge on any atom is 0.193 e. The first kappa shape index (κ1) is 19.5. The van der Waals surface area contributed by atoms with E-state index in [1.54, 1.807) is 7.11 Å². The van der Waals surface area contributed by atoms with Crippen LogP contribution in [0.2, 0.25) is 0 Å². The molecule has 0 amide bonds. The molecule has 4 nitrogen and oxygen atoms in total. The van der Waals surface area contributed by atoms with Crippen LogP contribution in [0.4, 0.5) is 0 Å². The third kappa shape index (κ3) is 4.42. The Hall–Kier alpha value is -0.820. The second-order valence-electron chi connectivity index (χ2n) is 6.98. The molecule has 24 heavy (non-hydrogen) atoms.